The summed E-state index contributed by atoms with van der Waals surface area (Å²) in [5, 5.41) is 15.7. The second-order valence-corrected chi connectivity index (χ2v) is 10.5. The van der Waals surface area contributed by atoms with Crippen LogP contribution in [0.1, 0.15) is 38.5 Å². The number of hydrazone groups is 1. The number of nitrogens with one attached hydrogen (secondary N) is 2. The molecule has 182 valence electrons. The highest BCUT2D eigenvalue weighted by atomic mass is 32.2. The van der Waals surface area contributed by atoms with Gasteiger partial charge in [0.25, 0.3) is 0 Å². The lowest BCUT2D eigenvalue weighted by molar-refractivity contribution is -0.742. The standard InChI is InChI=1S/C23H33F2N5O2S/c1-29-12-10-14(13-20(29)32)5-8-19(31)16(9-11-24)22-27-28-23(33-22)30(15-6-7-15)18-4-2-3-17(26)21(18)25/h5,8-12,14-19,21,23,28,31H,2-4,6-7,13,26H2,1H3/p+1. The fourth-order valence-corrected chi connectivity index (χ4v) is 6.05. The van der Waals surface area contributed by atoms with Crippen LogP contribution in [0.3, 0.4) is 0 Å². The van der Waals surface area contributed by atoms with Crippen molar-refractivity contribution in [2.75, 3.05) is 7.05 Å². The molecule has 0 radical (unpaired) electrons. The maximum Gasteiger partial charge on any atom is 0.317 e. The van der Waals surface area contributed by atoms with Gasteiger partial charge in [0.05, 0.1) is 38.0 Å². The normalized spacial score (nSPS) is 37.0. The predicted molar refractivity (Wildman–Crippen MR) is 125 cm³/mol. The van der Waals surface area contributed by atoms with Crippen LogP contribution in [0.25, 0.3) is 0 Å². The lowest BCUT2D eigenvalue weighted by atomic mass is 9.88. The molecule has 5 N–H and O–H groups in total. The summed E-state index contributed by atoms with van der Waals surface area (Å²) in [5.74, 6) is -0.697. The Balaban J connectivity index is 1.42. The van der Waals surface area contributed by atoms with Gasteiger partial charge in [0, 0.05) is 24.0 Å². The van der Waals surface area contributed by atoms with Gasteiger partial charge in [0.2, 0.25) is 0 Å². The first-order valence-electron chi connectivity index (χ1n) is 11.7. The van der Waals surface area contributed by atoms with Crippen molar-refractivity contribution in [1.82, 2.24) is 10.3 Å². The molecular formula is C23H34F2N5O2S+. The van der Waals surface area contributed by atoms with Crippen LogP contribution in [0.15, 0.2) is 41.9 Å². The molecule has 4 aliphatic rings. The third kappa shape index (κ3) is 5.74. The molecule has 0 bridgehead atoms. The van der Waals surface area contributed by atoms with E-state index in [1.807, 2.05) is 6.08 Å². The van der Waals surface area contributed by atoms with Gasteiger partial charge in [0.15, 0.2) is 0 Å². The molecule has 0 aromatic rings. The number of aliphatic hydroxyl groups excluding tert-OH is 1. The number of halogens is 2. The molecule has 4 rings (SSSR count). The van der Waals surface area contributed by atoms with Crippen molar-refractivity contribution in [2.45, 2.75) is 74.4 Å². The molecule has 0 aromatic heterocycles. The number of allylic oxidation sites excluding steroid dienone is 2. The van der Waals surface area contributed by atoms with E-state index in [1.54, 1.807) is 25.4 Å². The van der Waals surface area contributed by atoms with Crippen LogP contribution in [0.5, 0.6) is 0 Å². The smallest absolute Gasteiger partial charge is 0.317 e. The van der Waals surface area contributed by atoms with Crippen molar-refractivity contribution in [3.8, 4) is 0 Å². The summed E-state index contributed by atoms with van der Waals surface area (Å²) >= 11 is 1.40. The molecule has 0 spiro atoms. The van der Waals surface area contributed by atoms with Crippen LogP contribution in [0, 0.1) is 11.8 Å². The summed E-state index contributed by atoms with van der Waals surface area (Å²) in [7, 11) is 1.78. The number of hydrogen-bond acceptors (Lipinski definition) is 7. The Kier molecular flexibility index (Phi) is 8.01. The molecule has 8 atom stereocenters. The lowest BCUT2D eigenvalue weighted by Crippen LogP contribution is -3.07. The highest BCUT2D eigenvalue weighted by Gasteiger charge is 2.46. The van der Waals surface area contributed by atoms with Gasteiger partial charge in [-0.15, -0.1) is 0 Å². The van der Waals surface area contributed by atoms with Crippen molar-refractivity contribution < 1.29 is 23.6 Å². The van der Waals surface area contributed by atoms with Gasteiger partial charge in [-0.25, -0.2) is 18.5 Å². The zero-order valence-corrected chi connectivity index (χ0v) is 19.6. The van der Waals surface area contributed by atoms with E-state index in [0.29, 0.717) is 24.2 Å². The molecule has 0 aromatic carbocycles. The molecule has 7 nitrogen and oxygen atoms in total. The number of alkyl halides is 1. The van der Waals surface area contributed by atoms with Crippen molar-refractivity contribution in [3.05, 3.63) is 36.8 Å². The highest BCUT2D eigenvalue weighted by Crippen LogP contribution is 2.40. The van der Waals surface area contributed by atoms with E-state index in [9.17, 15) is 18.7 Å². The molecule has 33 heavy (non-hydrogen) atoms. The van der Waals surface area contributed by atoms with Crippen LogP contribution >= 0.6 is 11.8 Å². The van der Waals surface area contributed by atoms with E-state index in [0.717, 1.165) is 30.6 Å². The minimum Gasteiger partial charge on any atom is -0.388 e. The Hall–Kier alpha value is -1.59. The zero-order chi connectivity index (χ0) is 23.5. The van der Waals surface area contributed by atoms with Gasteiger partial charge >= 0.3 is 5.91 Å². The molecule has 8 unspecified atom stereocenters. The highest BCUT2D eigenvalue weighted by molar-refractivity contribution is 8.14. The second-order valence-electron chi connectivity index (χ2n) is 9.39. The zero-order valence-electron chi connectivity index (χ0n) is 18.8. The number of carbonyl (C=O) groups is 1. The second kappa shape index (κ2) is 10.8. The summed E-state index contributed by atoms with van der Waals surface area (Å²) in [6.07, 6.45) is 11.4. The third-order valence-electron chi connectivity index (χ3n) is 6.90. The van der Waals surface area contributed by atoms with Gasteiger partial charge in [-0.3, -0.25) is 10.3 Å². The number of carbonyl (C=O) groups excluding carboxylic acids is 1. The third-order valence-corrected chi connectivity index (χ3v) is 8.07. The van der Waals surface area contributed by atoms with E-state index < -0.39 is 24.2 Å². The number of nitrogens with two attached hydrogens (primary N) is 1. The average Bonchev–Trinajstić information content (AvgIpc) is 3.52. The van der Waals surface area contributed by atoms with Crippen molar-refractivity contribution in [1.29, 1.82) is 0 Å². The Morgan fingerprint density at radius 3 is 2.85 bits per heavy atom. The molecule has 0 saturated heterocycles. The molecule has 2 aliphatic carbocycles. The van der Waals surface area contributed by atoms with Crippen LogP contribution in [0.2, 0.25) is 0 Å². The summed E-state index contributed by atoms with van der Waals surface area (Å²) in [4.78, 5) is 14.8. The number of rotatable bonds is 8. The Bertz CT molecular complexity index is 834. The van der Waals surface area contributed by atoms with E-state index in [4.69, 9.17) is 5.73 Å². The number of quaternary nitrogens is 1. The van der Waals surface area contributed by atoms with E-state index in [1.165, 1.54) is 17.8 Å². The van der Waals surface area contributed by atoms with Gasteiger partial charge in [-0.2, -0.15) is 5.10 Å². The minimum atomic E-state index is -1.09. The van der Waals surface area contributed by atoms with Gasteiger partial charge in [-0.05, 0) is 37.8 Å². The van der Waals surface area contributed by atoms with E-state index >= 15 is 0 Å². The Morgan fingerprint density at radius 2 is 2.15 bits per heavy atom. The molecule has 2 heterocycles. The number of hydrogen-bond donors (Lipinski definition) is 4. The fraction of sp³-hybridized carbons (Fsp3) is 0.652. The molecular weight excluding hydrogens is 448 g/mol. The van der Waals surface area contributed by atoms with E-state index in [2.05, 4.69) is 15.4 Å². The van der Waals surface area contributed by atoms with Crippen LogP contribution in [-0.2, 0) is 4.79 Å². The summed E-state index contributed by atoms with van der Waals surface area (Å²) in [5.41, 5.74) is 8.83. The average molecular weight is 483 g/mol. The van der Waals surface area contributed by atoms with Gasteiger partial charge in [-0.1, -0.05) is 30.3 Å². The van der Waals surface area contributed by atoms with Crippen molar-refractivity contribution in [3.63, 3.8) is 0 Å². The topological polar surface area (TPSA) is 95.4 Å². The first kappa shape index (κ1) is 24.5. The summed E-state index contributed by atoms with van der Waals surface area (Å²) in [6, 6.07) is -0.432. The SMILES string of the molecule is C[NH+]1C=CC(C=CC(O)C(C=CF)C2=NNC(N(C3CC3)C3CCCC(N)C3F)S2)CC1=O. The first-order chi connectivity index (χ1) is 15.9. The molecule has 10 heteroatoms. The van der Waals surface area contributed by atoms with Gasteiger partial charge in [0.1, 0.15) is 16.7 Å². The fourth-order valence-electron chi connectivity index (χ4n) is 4.79. The first-order valence-corrected chi connectivity index (χ1v) is 12.6. The number of amides is 1. The Labute approximate surface area is 197 Å². The summed E-state index contributed by atoms with van der Waals surface area (Å²) in [6.45, 7) is 0. The predicted octanol–water partition coefficient (Wildman–Crippen LogP) is 1.19. The molecule has 2 saturated carbocycles. The summed E-state index contributed by atoms with van der Waals surface area (Å²) < 4.78 is 28.2. The quantitative estimate of drug-likeness (QED) is 0.389. The maximum absolute atomic E-state index is 15.0. The minimum absolute atomic E-state index is 0.0818. The molecule has 1 amide bonds. The number of thioether (sulfide) groups is 1. The van der Waals surface area contributed by atoms with Crippen LogP contribution in [0.4, 0.5) is 8.78 Å². The maximum atomic E-state index is 15.0. The lowest BCUT2D eigenvalue weighted by Gasteiger charge is -2.41. The number of aliphatic hydroxyl groups is 1. The van der Waals surface area contributed by atoms with E-state index in [-0.39, 0.29) is 29.4 Å². The van der Waals surface area contributed by atoms with Gasteiger partial charge < -0.3 is 10.8 Å². The van der Waals surface area contributed by atoms with Crippen molar-refractivity contribution in [2.24, 2.45) is 22.7 Å². The van der Waals surface area contributed by atoms with Crippen molar-refractivity contribution >= 4 is 22.7 Å². The molecule has 2 aliphatic heterocycles. The van der Waals surface area contributed by atoms with Crippen LogP contribution in [-0.4, -0.2) is 63.9 Å². The monoisotopic (exact) mass is 482 g/mol. The van der Waals surface area contributed by atoms with Crippen LogP contribution < -0.4 is 16.1 Å². The largest absolute Gasteiger partial charge is 0.388 e. The number of nitrogens with zero attached hydrogens (tertiary/aromatic N) is 2. The Morgan fingerprint density at radius 1 is 1.36 bits per heavy atom. The molecule has 2 fully saturated rings.